The fraction of sp³-hybridized carbons (Fsp3) is 0.357. The van der Waals surface area contributed by atoms with Crippen LogP contribution in [0.4, 0.5) is 0 Å². The molecule has 0 saturated heterocycles. The van der Waals surface area contributed by atoms with E-state index in [2.05, 4.69) is 33.3 Å². The van der Waals surface area contributed by atoms with Crippen molar-refractivity contribution in [3.8, 4) is 11.3 Å². The van der Waals surface area contributed by atoms with Crippen LogP contribution in [0.1, 0.15) is 0 Å². The van der Waals surface area contributed by atoms with Gasteiger partial charge < -0.3 is 9.30 Å². The van der Waals surface area contributed by atoms with Crippen LogP contribution in [0.5, 0.6) is 0 Å². The molecule has 0 radical (unpaired) electrons. The SMILES string of the molecule is C[SiH](C)CCOCn1ccc2c(-c3cn[nH]c3)ncnc21. The van der Waals surface area contributed by atoms with E-state index in [1.54, 1.807) is 12.5 Å². The predicted molar refractivity (Wildman–Crippen MR) is 84.7 cm³/mol. The molecule has 0 amide bonds. The zero-order valence-corrected chi connectivity index (χ0v) is 13.4. The van der Waals surface area contributed by atoms with Crippen molar-refractivity contribution in [1.82, 2.24) is 24.7 Å². The molecule has 0 saturated carbocycles. The Balaban J connectivity index is 1.81. The second-order valence-corrected chi connectivity index (χ2v) is 8.82. The summed E-state index contributed by atoms with van der Waals surface area (Å²) in [5.74, 6) is 0. The minimum absolute atomic E-state index is 0.534. The summed E-state index contributed by atoms with van der Waals surface area (Å²) in [7, 11) is -0.543. The second-order valence-electron chi connectivity index (χ2n) is 5.45. The zero-order chi connectivity index (χ0) is 14.7. The summed E-state index contributed by atoms with van der Waals surface area (Å²) in [6.45, 7) is 6.02. The number of aromatic nitrogens is 5. The summed E-state index contributed by atoms with van der Waals surface area (Å²) in [6.07, 6.45) is 7.18. The number of fused-ring (bicyclic) bond motifs is 1. The summed E-state index contributed by atoms with van der Waals surface area (Å²) in [6, 6.07) is 3.23. The molecule has 6 nitrogen and oxygen atoms in total. The highest BCUT2D eigenvalue weighted by molar-refractivity contribution is 6.55. The van der Waals surface area contributed by atoms with Crippen molar-refractivity contribution in [2.75, 3.05) is 6.61 Å². The number of rotatable bonds is 6. The average Bonchev–Trinajstić information content (AvgIpc) is 3.13. The van der Waals surface area contributed by atoms with E-state index in [1.807, 2.05) is 23.0 Å². The number of aromatic amines is 1. The van der Waals surface area contributed by atoms with Crippen molar-refractivity contribution in [2.24, 2.45) is 0 Å². The van der Waals surface area contributed by atoms with Crippen molar-refractivity contribution in [2.45, 2.75) is 25.9 Å². The molecule has 0 bridgehead atoms. The standard InChI is InChI=1S/C14H19N5OSi/c1-21(2)6-5-20-10-19-4-3-12-13(11-7-17-18-8-11)15-9-16-14(12)19/h3-4,7-9,21H,5-6,10H2,1-2H3,(H,17,18). The van der Waals surface area contributed by atoms with E-state index < -0.39 is 8.80 Å². The van der Waals surface area contributed by atoms with Crippen molar-refractivity contribution < 1.29 is 4.74 Å². The number of nitrogens with one attached hydrogen (secondary N) is 1. The van der Waals surface area contributed by atoms with Gasteiger partial charge in [0.2, 0.25) is 0 Å². The third kappa shape index (κ3) is 3.03. The summed E-state index contributed by atoms with van der Waals surface area (Å²) in [4.78, 5) is 8.74. The van der Waals surface area contributed by atoms with Crippen LogP contribution in [-0.2, 0) is 11.5 Å². The van der Waals surface area contributed by atoms with Gasteiger partial charge in [-0.05, 0) is 12.1 Å². The van der Waals surface area contributed by atoms with Gasteiger partial charge in [0.15, 0.2) is 0 Å². The molecule has 0 aliphatic heterocycles. The van der Waals surface area contributed by atoms with E-state index in [9.17, 15) is 0 Å². The van der Waals surface area contributed by atoms with E-state index in [1.165, 1.54) is 6.04 Å². The van der Waals surface area contributed by atoms with E-state index in [0.29, 0.717) is 6.73 Å². The lowest BCUT2D eigenvalue weighted by atomic mass is 10.2. The van der Waals surface area contributed by atoms with Crippen LogP contribution < -0.4 is 0 Å². The number of H-pyrrole nitrogens is 1. The molecule has 0 fully saturated rings. The number of hydrogen-bond donors (Lipinski definition) is 1. The molecule has 3 aromatic rings. The van der Waals surface area contributed by atoms with Gasteiger partial charge in [-0.2, -0.15) is 5.10 Å². The minimum Gasteiger partial charge on any atom is -0.361 e. The number of hydrogen-bond acceptors (Lipinski definition) is 4. The second kappa shape index (κ2) is 6.19. The molecule has 0 aliphatic carbocycles. The Bertz CT molecular complexity index is 707. The van der Waals surface area contributed by atoms with Gasteiger partial charge in [0, 0.05) is 38.7 Å². The van der Waals surface area contributed by atoms with Crippen molar-refractivity contribution >= 4 is 19.8 Å². The van der Waals surface area contributed by atoms with Gasteiger partial charge in [0.25, 0.3) is 0 Å². The van der Waals surface area contributed by atoms with Crippen LogP contribution in [0.2, 0.25) is 19.1 Å². The Kier molecular flexibility index (Phi) is 4.12. The molecule has 3 rings (SSSR count). The van der Waals surface area contributed by atoms with Crippen LogP contribution in [0.3, 0.4) is 0 Å². The molecular formula is C14H19N5OSi. The Morgan fingerprint density at radius 2 is 2.24 bits per heavy atom. The zero-order valence-electron chi connectivity index (χ0n) is 12.3. The number of nitrogens with zero attached hydrogens (tertiary/aromatic N) is 4. The molecule has 0 aromatic carbocycles. The molecule has 3 heterocycles. The first-order valence-electron chi connectivity index (χ1n) is 7.12. The Labute approximate surface area is 124 Å². The van der Waals surface area contributed by atoms with Crippen LogP contribution in [0.25, 0.3) is 22.3 Å². The van der Waals surface area contributed by atoms with Gasteiger partial charge in [-0.25, -0.2) is 9.97 Å². The first kappa shape index (κ1) is 14.0. The highest BCUT2D eigenvalue weighted by Crippen LogP contribution is 2.24. The lowest BCUT2D eigenvalue weighted by Crippen LogP contribution is -2.08. The normalized spacial score (nSPS) is 11.6. The predicted octanol–water partition coefficient (Wildman–Crippen LogP) is 2.28. The van der Waals surface area contributed by atoms with Crippen molar-refractivity contribution in [1.29, 1.82) is 0 Å². The lowest BCUT2D eigenvalue weighted by molar-refractivity contribution is 0.0902. The largest absolute Gasteiger partial charge is 0.361 e. The van der Waals surface area contributed by atoms with Crippen LogP contribution >= 0.6 is 0 Å². The van der Waals surface area contributed by atoms with E-state index in [0.717, 1.165) is 28.9 Å². The highest BCUT2D eigenvalue weighted by Gasteiger charge is 2.10. The van der Waals surface area contributed by atoms with Gasteiger partial charge in [-0.1, -0.05) is 13.1 Å². The summed E-state index contributed by atoms with van der Waals surface area (Å²) in [5, 5.41) is 7.80. The Morgan fingerprint density at radius 1 is 1.33 bits per heavy atom. The maximum Gasteiger partial charge on any atom is 0.145 e. The topological polar surface area (TPSA) is 68.6 Å². The van der Waals surface area contributed by atoms with E-state index >= 15 is 0 Å². The molecule has 0 atom stereocenters. The molecule has 0 aliphatic rings. The van der Waals surface area contributed by atoms with Crippen LogP contribution in [0.15, 0.2) is 31.0 Å². The third-order valence-corrected chi connectivity index (χ3v) is 4.79. The number of ether oxygens (including phenoxy) is 1. The first-order chi connectivity index (χ1) is 10.3. The molecule has 0 unspecified atom stereocenters. The molecule has 7 heteroatoms. The average molecular weight is 301 g/mol. The maximum atomic E-state index is 5.75. The molecule has 3 aromatic heterocycles. The van der Waals surface area contributed by atoms with Crippen LogP contribution in [0, 0.1) is 0 Å². The molecular weight excluding hydrogens is 282 g/mol. The fourth-order valence-corrected chi connectivity index (χ4v) is 2.84. The van der Waals surface area contributed by atoms with Gasteiger partial charge in [-0.3, -0.25) is 5.10 Å². The molecule has 0 spiro atoms. The molecule has 1 N–H and O–H groups in total. The lowest BCUT2D eigenvalue weighted by Gasteiger charge is -2.08. The third-order valence-electron chi connectivity index (χ3n) is 3.40. The Hall–Kier alpha value is -1.99. The quantitative estimate of drug-likeness (QED) is 0.560. The highest BCUT2D eigenvalue weighted by atomic mass is 28.3. The van der Waals surface area contributed by atoms with Crippen molar-refractivity contribution in [3.05, 3.63) is 31.0 Å². The molecule has 21 heavy (non-hydrogen) atoms. The summed E-state index contributed by atoms with van der Waals surface area (Å²) >= 11 is 0. The van der Waals surface area contributed by atoms with E-state index in [4.69, 9.17) is 4.74 Å². The van der Waals surface area contributed by atoms with Gasteiger partial charge in [0.1, 0.15) is 18.7 Å². The summed E-state index contributed by atoms with van der Waals surface area (Å²) in [5.41, 5.74) is 2.75. The van der Waals surface area contributed by atoms with Crippen LogP contribution in [-0.4, -0.2) is 40.1 Å². The maximum absolute atomic E-state index is 5.75. The first-order valence-corrected chi connectivity index (χ1v) is 10.2. The van der Waals surface area contributed by atoms with Crippen molar-refractivity contribution in [3.63, 3.8) is 0 Å². The summed E-state index contributed by atoms with van der Waals surface area (Å²) < 4.78 is 7.76. The minimum atomic E-state index is -0.543. The monoisotopic (exact) mass is 301 g/mol. The smallest absolute Gasteiger partial charge is 0.145 e. The fourth-order valence-electron chi connectivity index (χ4n) is 2.20. The molecule has 110 valence electrons. The van der Waals surface area contributed by atoms with Gasteiger partial charge >= 0.3 is 0 Å². The van der Waals surface area contributed by atoms with Gasteiger partial charge in [-0.15, -0.1) is 0 Å². The van der Waals surface area contributed by atoms with E-state index in [-0.39, 0.29) is 0 Å². The van der Waals surface area contributed by atoms with Gasteiger partial charge in [0.05, 0.1) is 11.9 Å². The Morgan fingerprint density at radius 3 is 3.00 bits per heavy atom.